The lowest BCUT2D eigenvalue weighted by molar-refractivity contribution is -0.137. The molecule has 0 aliphatic heterocycles. The molecule has 0 aliphatic carbocycles. The largest absolute Gasteiger partial charge is 0.463 e. The minimum absolute atomic E-state index is 0.329. The first-order valence-corrected chi connectivity index (χ1v) is 7.67. The Morgan fingerprint density at radius 2 is 1.82 bits per heavy atom. The second-order valence-electron chi connectivity index (χ2n) is 4.78. The van der Waals surface area contributed by atoms with Gasteiger partial charge in [0.2, 0.25) is 0 Å². The molecule has 0 aliphatic rings. The highest BCUT2D eigenvalue weighted by molar-refractivity contribution is 6.36. The molecule has 0 radical (unpaired) electrons. The fourth-order valence-corrected chi connectivity index (χ4v) is 2.60. The highest BCUT2D eigenvalue weighted by Crippen LogP contribution is 2.31. The van der Waals surface area contributed by atoms with Crippen LogP contribution in [-0.4, -0.2) is 12.6 Å². The maximum Gasteiger partial charge on any atom is 0.331 e. The molecule has 0 bridgehead atoms. The summed E-state index contributed by atoms with van der Waals surface area (Å²) in [6.07, 6.45) is 1.49. The van der Waals surface area contributed by atoms with E-state index in [2.05, 4.69) is 0 Å². The van der Waals surface area contributed by atoms with E-state index in [1.54, 1.807) is 13.0 Å². The van der Waals surface area contributed by atoms with Crippen molar-refractivity contribution in [1.29, 1.82) is 0 Å². The Balaban J connectivity index is 2.25. The standard InChI is InChI=1S/C18H16Cl2O2/c1-3-22-18(21)10-12(2)13-4-6-14(7-5-13)16-9-8-15(19)11-17(16)20/h4-11H,3H2,1-2H3/b12-10-. The number of halogens is 2. The van der Waals surface area contributed by atoms with Crippen LogP contribution < -0.4 is 0 Å². The van der Waals surface area contributed by atoms with Gasteiger partial charge in [-0.25, -0.2) is 4.79 Å². The summed E-state index contributed by atoms with van der Waals surface area (Å²) in [6.45, 7) is 4.03. The molecule has 0 N–H and O–H groups in total. The van der Waals surface area contributed by atoms with Gasteiger partial charge in [-0.05, 0) is 42.7 Å². The third-order valence-corrected chi connectivity index (χ3v) is 3.75. The Labute approximate surface area is 140 Å². The van der Waals surface area contributed by atoms with Crippen LogP contribution in [0.1, 0.15) is 19.4 Å². The zero-order chi connectivity index (χ0) is 16.1. The first-order chi connectivity index (χ1) is 10.5. The fraction of sp³-hybridized carbons (Fsp3) is 0.167. The van der Waals surface area contributed by atoms with Gasteiger partial charge in [-0.1, -0.05) is 53.5 Å². The Hall–Kier alpha value is -1.77. The number of ether oxygens (including phenoxy) is 1. The van der Waals surface area contributed by atoms with Gasteiger partial charge in [0.15, 0.2) is 0 Å². The van der Waals surface area contributed by atoms with Crippen molar-refractivity contribution in [2.75, 3.05) is 6.61 Å². The summed E-state index contributed by atoms with van der Waals surface area (Å²) >= 11 is 12.1. The molecule has 0 spiro atoms. The maximum atomic E-state index is 11.5. The molecule has 0 saturated heterocycles. The quantitative estimate of drug-likeness (QED) is 0.535. The van der Waals surface area contributed by atoms with Crippen LogP contribution in [0, 0.1) is 0 Å². The van der Waals surface area contributed by atoms with Crippen molar-refractivity contribution in [1.82, 2.24) is 0 Å². The van der Waals surface area contributed by atoms with E-state index >= 15 is 0 Å². The number of hydrogen-bond donors (Lipinski definition) is 0. The van der Waals surface area contributed by atoms with Crippen molar-refractivity contribution >= 4 is 34.7 Å². The maximum absolute atomic E-state index is 11.5. The highest BCUT2D eigenvalue weighted by Gasteiger charge is 2.06. The van der Waals surface area contributed by atoms with Crippen LogP contribution in [0.2, 0.25) is 10.0 Å². The molecule has 2 nitrogen and oxygen atoms in total. The minimum atomic E-state index is -0.329. The summed E-state index contributed by atoms with van der Waals surface area (Å²) in [4.78, 5) is 11.5. The molecule has 114 valence electrons. The molecule has 0 unspecified atom stereocenters. The first kappa shape index (κ1) is 16.6. The van der Waals surface area contributed by atoms with E-state index in [9.17, 15) is 4.79 Å². The first-order valence-electron chi connectivity index (χ1n) is 6.92. The molecule has 4 heteroatoms. The smallest absolute Gasteiger partial charge is 0.331 e. The number of hydrogen-bond acceptors (Lipinski definition) is 2. The minimum Gasteiger partial charge on any atom is -0.463 e. The summed E-state index contributed by atoms with van der Waals surface area (Å²) in [5.74, 6) is -0.329. The van der Waals surface area contributed by atoms with E-state index in [1.807, 2.05) is 43.3 Å². The molecule has 2 rings (SSSR count). The van der Waals surface area contributed by atoms with Gasteiger partial charge in [0.05, 0.1) is 6.61 Å². The lowest BCUT2D eigenvalue weighted by Crippen LogP contribution is -2.00. The molecular formula is C18H16Cl2O2. The van der Waals surface area contributed by atoms with Crippen LogP contribution in [0.4, 0.5) is 0 Å². The van der Waals surface area contributed by atoms with Gasteiger partial charge in [-0.2, -0.15) is 0 Å². The monoisotopic (exact) mass is 334 g/mol. The topological polar surface area (TPSA) is 26.3 Å². The zero-order valence-corrected chi connectivity index (χ0v) is 13.9. The molecule has 0 atom stereocenters. The molecule has 2 aromatic carbocycles. The average molecular weight is 335 g/mol. The number of benzene rings is 2. The van der Waals surface area contributed by atoms with E-state index in [-0.39, 0.29) is 5.97 Å². The number of rotatable bonds is 4. The molecular weight excluding hydrogens is 319 g/mol. The van der Waals surface area contributed by atoms with Gasteiger partial charge in [-0.3, -0.25) is 0 Å². The highest BCUT2D eigenvalue weighted by atomic mass is 35.5. The van der Waals surface area contributed by atoms with Crippen molar-refractivity contribution in [2.45, 2.75) is 13.8 Å². The summed E-state index contributed by atoms with van der Waals surface area (Å²) in [7, 11) is 0. The Bertz CT molecular complexity index is 704. The normalized spacial score (nSPS) is 11.4. The predicted octanol–water partition coefficient (Wildman–Crippen LogP) is 5.63. The fourth-order valence-electron chi connectivity index (χ4n) is 2.08. The van der Waals surface area contributed by atoms with E-state index < -0.39 is 0 Å². The van der Waals surface area contributed by atoms with Crippen LogP contribution in [0.5, 0.6) is 0 Å². The van der Waals surface area contributed by atoms with E-state index in [0.29, 0.717) is 16.7 Å². The molecule has 2 aromatic rings. The third-order valence-electron chi connectivity index (χ3n) is 3.20. The second kappa shape index (κ2) is 7.48. The number of allylic oxidation sites excluding steroid dienone is 1. The summed E-state index contributed by atoms with van der Waals surface area (Å²) < 4.78 is 4.91. The molecule has 0 heterocycles. The van der Waals surface area contributed by atoms with Crippen molar-refractivity contribution in [2.24, 2.45) is 0 Å². The van der Waals surface area contributed by atoms with E-state index in [0.717, 1.165) is 22.3 Å². The number of carbonyl (C=O) groups is 1. The van der Waals surface area contributed by atoms with Gasteiger partial charge < -0.3 is 4.74 Å². The summed E-state index contributed by atoms with van der Waals surface area (Å²) in [6, 6.07) is 13.2. The zero-order valence-electron chi connectivity index (χ0n) is 12.4. The van der Waals surface area contributed by atoms with Crippen LogP contribution >= 0.6 is 23.2 Å². The average Bonchev–Trinajstić information content (AvgIpc) is 2.47. The summed E-state index contributed by atoms with van der Waals surface area (Å²) in [5.41, 5.74) is 3.73. The number of esters is 1. The lowest BCUT2D eigenvalue weighted by atomic mass is 10.0. The van der Waals surface area contributed by atoms with Gasteiger partial charge in [0.1, 0.15) is 0 Å². The van der Waals surface area contributed by atoms with Crippen LogP contribution in [0.25, 0.3) is 16.7 Å². The Morgan fingerprint density at radius 3 is 2.41 bits per heavy atom. The van der Waals surface area contributed by atoms with Crippen molar-refractivity contribution in [3.63, 3.8) is 0 Å². The lowest BCUT2D eigenvalue weighted by Gasteiger charge is -2.07. The van der Waals surface area contributed by atoms with Gasteiger partial charge >= 0.3 is 5.97 Å². The number of carbonyl (C=O) groups excluding carboxylic acids is 1. The van der Waals surface area contributed by atoms with Gasteiger partial charge in [0.25, 0.3) is 0 Å². The van der Waals surface area contributed by atoms with Crippen LogP contribution in [0.3, 0.4) is 0 Å². The Morgan fingerprint density at radius 1 is 1.14 bits per heavy atom. The molecule has 22 heavy (non-hydrogen) atoms. The van der Waals surface area contributed by atoms with Gasteiger partial charge in [-0.15, -0.1) is 0 Å². The van der Waals surface area contributed by atoms with Crippen LogP contribution in [-0.2, 0) is 9.53 Å². The van der Waals surface area contributed by atoms with Crippen molar-refractivity contribution in [3.05, 3.63) is 64.1 Å². The SMILES string of the molecule is CCOC(=O)/C=C(/C)c1ccc(-c2ccc(Cl)cc2Cl)cc1. The van der Waals surface area contributed by atoms with Gasteiger partial charge in [0, 0.05) is 21.7 Å². The van der Waals surface area contributed by atoms with E-state index in [4.69, 9.17) is 27.9 Å². The predicted molar refractivity (Wildman–Crippen MR) is 92.2 cm³/mol. The van der Waals surface area contributed by atoms with E-state index in [1.165, 1.54) is 6.08 Å². The Kier molecular flexibility index (Phi) is 5.64. The molecule has 0 fully saturated rings. The second-order valence-corrected chi connectivity index (χ2v) is 5.62. The molecule has 0 aromatic heterocycles. The molecule has 0 amide bonds. The molecule has 0 saturated carbocycles. The summed E-state index contributed by atoms with van der Waals surface area (Å²) in [5, 5.41) is 1.22. The third kappa shape index (κ3) is 4.12. The van der Waals surface area contributed by atoms with Crippen molar-refractivity contribution in [3.8, 4) is 11.1 Å². The van der Waals surface area contributed by atoms with Crippen LogP contribution in [0.15, 0.2) is 48.5 Å². The van der Waals surface area contributed by atoms with Crippen molar-refractivity contribution < 1.29 is 9.53 Å².